The van der Waals surface area contributed by atoms with Gasteiger partial charge in [0.2, 0.25) is 0 Å². The van der Waals surface area contributed by atoms with Crippen LogP contribution in [0.1, 0.15) is 31.9 Å². The van der Waals surface area contributed by atoms with Crippen LogP contribution in [0.5, 0.6) is 11.5 Å². The first-order chi connectivity index (χ1) is 14.7. The first-order valence-corrected chi connectivity index (χ1v) is 9.93. The molecule has 0 unspecified atom stereocenters. The first-order valence-electron chi connectivity index (χ1n) is 9.93. The lowest BCUT2D eigenvalue weighted by Crippen LogP contribution is -2.42. The highest BCUT2D eigenvalue weighted by Crippen LogP contribution is 2.41. The van der Waals surface area contributed by atoms with Gasteiger partial charge in [0.1, 0.15) is 23.1 Å². The highest BCUT2D eigenvalue weighted by molar-refractivity contribution is 6.10. The van der Waals surface area contributed by atoms with Crippen molar-refractivity contribution in [1.82, 2.24) is 0 Å². The number of rotatable bonds is 5. The van der Waals surface area contributed by atoms with E-state index in [0.717, 1.165) is 16.8 Å². The van der Waals surface area contributed by atoms with Gasteiger partial charge >= 0.3 is 0 Å². The Balaban J connectivity index is 1.97. The van der Waals surface area contributed by atoms with Crippen molar-refractivity contribution in [3.63, 3.8) is 0 Å². The number of allylic oxidation sites excluding steroid dienone is 1. The zero-order chi connectivity index (χ0) is 22.8. The Bertz CT molecular complexity index is 1110. The molecule has 0 atom stereocenters. The molecule has 0 spiro atoms. The summed E-state index contributed by atoms with van der Waals surface area (Å²) < 4.78 is 10.7. The third-order valence-electron chi connectivity index (χ3n) is 5.58. The van der Waals surface area contributed by atoms with Gasteiger partial charge in [0, 0.05) is 35.6 Å². The first kappa shape index (κ1) is 22.0. The number of benzene rings is 2. The van der Waals surface area contributed by atoms with Crippen molar-refractivity contribution in [2.45, 2.75) is 26.3 Å². The molecule has 2 aromatic carbocycles. The lowest BCUT2D eigenvalue weighted by Gasteiger charge is -2.41. The number of likely N-dealkylation sites (N-methyl/N-ethyl adjacent to an activating group) is 1. The normalized spacial score (nSPS) is 14.8. The zero-order valence-electron chi connectivity index (χ0n) is 18.7. The number of nitrogens with zero attached hydrogens (tertiary/aromatic N) is 2. The maximum Gasteiger partial charge on any atom is 0.266 e. The number of anilines is 2. The smallest absolute Gasteiger partial charge is 0.266 e. The average molecular weight is 418 g/mol. The van der Waals surface area contributed by atoms with E-state index in [0.29, 0.717) is 22.7 Å². The summed E-state index contributed by atoms with van der Waals surface area (Å²) in [7, 11) is 5.20. The van der Waals surface area contributed by atoms with Crippen molar-refractivity contribution in [3.05, 3.63) is 59.2 Å². The third kappa shape index (κ3) is 4.41. The average Bonchev–Trinajstić information content (AvgIpc) is 2.75. The fourth-order valence-corrected chi connectivity index (χ4v) is 3.66. The summed E-state index contributed by atoms with van der Waals surface area (Å²) in [6.45, 7) is 6.36. The standard InChI is InChI=1S/C25H27N3O3/c1-16-14-25(2,3)28(4)22-13-23(31-6)17(12-21(16)22)11-18(15-26)24(29)27-19-7-9-20(30-5)10-8-19/h7-14H,1-6H3,(H,27,29)/b18-11+. The Morgan fingerprint density at radius 3 is 2.42 bits per heavy atom. The van der Waals surface area contributed by atoms with E-state index in [9.17, 15) is 10.1 Å². The molecule has 1 N–H and O–H groups in total. The Morgan fingerprint density at radius 2 is 1.84 bits per heavy atom. The molecule has 0 aromatic heterocycles. The molecule has 0 fully saturated rings. The number of amides is 1. The molecule has 0 radical (unpaired) electrons. The van der Waals surface area contributed by atoms with E-state index in [1.807, 2.05) is 25.2 Å². The second kappa shape index (κ2) is 8.57. The van der Waals surface area contributed by atoms with E-state index >= 15 is 0 Å². The molecule has 0 saturated heterocycles. The van der Waals surface area contributed by atoms with Gasteiger partial charge in [0.15, 0.2) is 0 Å². The largest absolute Gasteiger partial charge is 0.497 e. The van der Waals surface area contributed by atoms with Gasteiger partial charge in [0.25, 0.3) is 5.91 Å². The van der Waals surface area contributed by atoms with Crippen LogP contribution in [0, 0.1) is 11.3 Å². The van der Waals surface area contributed by atoms with Crippen molar-refractivity contribution < 1.29 is 14.3 Å². The number of carbonyl (C=O) groups excluding carboxylic acids is 1. The number of hydrogen-bond donors (Lipinski definition) is 1. The Kier molecular flexibility index (Phi) is 6.07. The minimum Gasteiger partial charge on any atom is -0.497 e. The third-order valence-corrected chi connectivity index (χ3v) is 5.58. The van der Waals surface area contributed by atoms with Crippen molar-refractivity contribution in [3.8, 4) is 17.6 Å². The van der Waals surface area contributed by atoms with Crippen LogP contribution in [0.3, 0.4) is 0 Å². The summed E-state index contributed by atoms with van der Waals surface area (Å²) in [6.07, 6.45) is 3.77. The summed E-state index contributed by atoms with van der Waals surface area (Å²) in [5.74, 6) is 0.795. The summed E-state index contributed by atoms with van der Waals surface area (Å²) >= 11 is 0. The second-order valence-corrected chi connectivity index (χ2v) is 8.00. The number of methoxy groups -OCH3 is 2. The summed E-state index contributed by atoms with van der Waals surface area (Å²) in [6, 6.07) is 12.8. The maximum absolute atomic E-state index is 12.7. The highest BCUT2D eigenvalue weighted by atomic mass is 16.5. The lowest BCUT2D eigenvalue weighted by molar-refractivity contribution is -0.112. The summed E-state index contributed by atoms with van der Waals surface area (Å²) in [5, 5.41) is 12.4. The Labute approximate surface area is 183 Å². The monoisotopic (exact) mass is 417 g/mol. The molecule has 1 amide bonds. The maximum atomic E-state index is 12.7. The van der Waals surface area contributed by atoms with Gasteiger partial charge in [-0.05, 0) is 62.8 Å². The van der Waals surface area contributed by atoms with Crippen LogP contribution in [0.25, 0.3) is 11.6 Å². The van der Waals surface area contributed by atoms with Gasteiger partial charge in [-0.25, -0.2) is 0 Å². The minimum atomic E-state index is -0.488. The second-order valence-electron chi connectivity index (χ2n) is 8.00. The SMILES string of the molecule is COc1ccc(NC(=O)/C(C#N)=C/c2cc3c(cc2OC)N(C)C(C)(C)C=C3C)cc1. The molecule has 1 heterocycles. The topological polar surface area (TPSA) is 74.6 Å². The molecule has 0 bridgehead atoms. The number of hydrogen-bond acceptors (Lipinski definition) is 5. The number of ether oxygens (including phenoxy) is 2. The van der Waals surface area contributed by atoms with E-state index in [2.05, 4.69) is 37.1 Å². The van der Waals surface area contributed by atoms with Crippen LogP contribution in [-0.4, -0.2) is 32.7 Å². The van der Waals surface area contributed by atoms with Gasteiger partial charge in [-0.2, -0.15) is 5.26 Å². The fraction of sp³-hybridized carbons (Fsp3) is 0.280. The van der Waals surface area contributed by atoms with E-state index in [-0.39, 0.29) is 11.1 Å². The molecule has 1 aliphatic rings. The summed E-state index contributed by atoms with van der Waals surface area (Å²) in [5.41, 5.74) is 4.32. The van der Waals surface area contributed by atoms with Gasteiger partial charge in [-0.15, -0.1) is 0 Å². The van der Waals surface area contributed by atoms with Crippen LogP contribution in [0.15, 0.2) is 48.0 Å². The van der Waals surface area contributed by atoms with Crippen LogP contribution in [0.4, 0.5) is 11.4 Å². The predicted octanol–water partition coefficient (Wildman–Crippen LogP) is 4.88. The zero-order valence-corrected chi connectivity index (χ0v) is 18.7. The van der Waals surface area contributed by atoms with Gasteiger partial charge < -0.3 is 19.7 Å². The van der Waals surface area contributed by atoms with Crippen molar-refractivity contribution in [2.24, 2.45) is 0 Å². The number of fused-ring (bicyclic) bond motifs is 1. The molecular formula is C25H27N3O3. The molecule has 6 nitrogen and oxygen atoms in total. The number of nitrogens with one attached hydrogen (secondary N) is 1. The fourth-order valence-electron chi connectivity index (χ4n) is 3.66. The molecule has 1 aliphatic heterocycles. The van der Waals surface area contributed by atoms with Gasteiger partial charge in [0.05, 0.1) is 19.8 Å². The lowest BCUT2D eigenvalue weighted by atomic mass is 9.88. The Morgan fingerprint density at radius 1 is 1.16 bits per heavy atom. The van der Waals surface area contributed by atoms with E-state index in [1.165, 1.54) is 0 Å². The quantitative estimate of drug-likeness (QED) is 0.554. The summed E-state index contributed by atoms with van der Waals surface area (Å²) in [4.78, 5) is 14.9. The molecule has 6 heteroatoms. The predicted molar refractivity (Wildman–Crippen MR) is 124 cm³/mol. The minimum absolute atomic E-state index is 0.0137. The van der Waals surface area contributed by atoms with E-state index in [4.69, 9.17) is 9.47 Å². The van der Waals surface area contributed by atoms with Crippen LogP contribution >= 0.6 is 0 Å². The number of carbonyl (C=O) groups is 1. The molecule has 2 aromatic rings. The van der Waals surface area contributed by atoms with Gasteiger partial charge in [-0.1, -0.05) is 6.08 Å². The van der Waals surface area contributed by atoms with Crippen LogP contribution < -0.4 is 19.7 Å². The highest BCUT2D eigenvalue weighted by Gasteiger charge is 2.29. The Hall–Kier alpha value is -3.72. The van der Waals surface area contributed by atoms with Gasteiger partial charge in [-0.3, -0.25) is 4.79 Å². The van der Waals surface area contributed by atoms with E-state index in [1.54, 1.807) is 44.6 Å². The number of nitriles is 1. The van der Waals surface area contributed by atoms with Crippen LogP contribution in [0.2, 0.25) is 0 Å². The molecular weight excluding hydrogens is 390 g/mol. The van der Waals surface area contributed by atoms with E-state index < -0.39 is 5.91 Å². The molecule has 0 saturated carbocycles. The molecule has 31 heavy (non-hydrogen) atoms. The molecule has 0 aliphatic carbocycles. The van der Waals surface area contributed by atoms with Crippen molar-refractivity contribution in [2.75, 3.05) is 31.5 Å². The molecule has 160 valence electrons. The van der Waals surface area contributed by atoms with Crippen LogP contribution in [-0.2, 0) is 4.79 Å². The van der Waals surface area contributed by atoms with Crippen molar-refractivity contribution in [1.29, 1.82) is 5.26 Å². The van der Waals surface area contributed by atoms with Crippen molar-refractivity contribution >= 4 is 28.9 Å². The molecule has 3 rings (SSSR count).